The van der Waals surface area contributed by atoms with Crippen molar-refractivity contribution in [3.05, 3.63) is 94.2 Å². The van der Waals surface area contributed by atoms with E-state index in [4.69, 9.17) is 23.2 Å². The minimum atomic E-state index is -4.37. The van der Waals surface area contributed by atoms with Gasteiger partial charge in [0, 0.05) is 22.6 Å². The SMILES string of the molecule is CC[C@@H](C)NC(=O)[C@@H](CC)N(Cc1ccc(Cl)cc1Cl)C(=O)CN(c1ccccc1F)S(=O)(=O)c1ccccc1. The summed E-state index contributed by atoms with van der Waals surface area (Å²) in [6.07, 6.45) is 0.917. The number of amides is 2. The summed E-state index contributed by atoms with van der Waals surface area (Å²) in [6.45, 7) is 4.66. The van der Waals surface area contributed by atoms with E-state index in [-0.39, 0.29) is 34.6 Å². The van der Waals surface area contributed by atoms with E-state index in [9.17, 15) is 22.4 Å². The Morgan fingerprint density at radius 1 is 0.950 bits per heavy atom. The number of hydrogen-bond acceptors (Lipinski definition) is 4. The average Bonchev–Trinajstić information content (AvgIpc) is 2.93. The Labute approximate surface area is 244 Å². The maximum absolute atomic E-state index is 15.0. The fourth-order valence-corrected chi connectivity index (χ4v) is 5.99. The first-order valence-corrected chi connectivity index (χ1v) is 15.0. The molecule has 1 N–H and O–H groups in total. The predicted octanol–water partition coefficient (Wildman–Crippen LogP) is 6.05. The van der Waals surface area contributed by atoms with E-state index >= 15 is 0 Å². The molecule has 2 atom stereocenters. The first-order valence-electron chi connectivity index (χ1n) is 12.9. The lowest BCUT2D eigenvalue weighted by Gasteiger charge is -2.34. The fraction of sp³-hybridized carbons (Fsp3) is 0.310. The van der Waals surface area contributed by atoms with Crippen molar-refractivity contribution in [1.82, 2.24) is 10.2 Å². The van der Waals surface area contributed by atoms with Gasteiger partial charge in [0.1, 0.15) is 18.4 Å². The van der Waals surface area contributed by atoms with E-state index < -0.39 is 40.2 Å². The van der Waals surface area contributed by atoms with Crippen LogP contribution >= 0.6 is 23.2 Å². The normalized spacial score (nSPS) is 12.8. The summed E-state index contributed by atoms with van der Waals surface area (Å²) < 4.78 is 43.2. The Balaban J connectivity index is 2.08. The molecule has 0 unspecified atom stereocenters. The summed E-state index contributed by atoms with van der Waals surface area (Å²) in [4.78, 5) is 28.5. The van der Waals surface area contributed by atoms with Crippen molar-refractivity contribution >= 4 is 50.7 Å². The number of carbonyl (C=O) groups excluding carboxylic acids is 2. The molecule has 0 bridgehead atoms. The summed E-state index contributed by atoms with van der Waals surface area (Å²) in [5, 5.41) is 3.58. The third kappa shape index (κ3) is 7.53. The highest BCUT2D eigenvalue weighted by Crippen LogP contribution is 2.28. The molecule has 11 heteroatoms. The average molecular weight is 609 g/mol. The zero-order valence-corrected chi connectivity index (χ0v) is 24.8. The molecule has 0 fully saturated rings. The lowest BCUT2D eigenvalue weighted by molar-refractivity contribution is -0.140. The van der Waals surface area contributed by atoms with Gasteiger partial charge in [-0.2, -0.15) is 0 Å². The van der Waals surface area contributed by atoms with Gasteiger partial charge in [0.15, 0.2) is 0 Å². The number of anilines is 1. The first-order chi connectivity index (χ1) is 19.0. The van der Waals surface area contributed by atoms with Crippen molar-refractivity contribution in [2.45, 2.75) is 57.1 Å². The molecule has 0 saturated heterocycles. The standard InChI is InChI=1S/C29H32Cl2FN3O4S/c1-4-20(3)33-29(37)26(5-2)34(18-21-15-16-22(30)17-24(21)31)28(36)19-35(27-14-10-9-13-25(27)32)40(38,39)23-11-7-6-8-12-23/h6-17,20,26H,4-5,18-19H2,1-3H3,(H,33,37)/t20-,26-/m1/s1. The van der Waals surface area contributed by atoms with E-state index in [0.717, 1.165) is 10.4 Å². The Morgan fingerprint density at radius 3 is 2.20 bits per heavy atom. The van der Waals surface area contributed by atoms with Gasteiger partial charge in [-0.15, -0.1) is 0 Å². The van der Waals surface area contributed by atoms with Gasteiger partial charge in [0.2, 0.25) is 11.8 Å². The Bertz CT molecular complexity index is 1440. The molecule has 0 saturated carbocycles. The second-order valence-electron chi connectivity index (χ2n) is 9.28. The first kappa shape index (κ1) is 31.4. The van der Waals surface area contributed by atoms with E-state index in [1.54, 1.807) is 25.1 Å². The molecule has 214 valence electrons. The number of para-hydroxylation sites is 1. The smallest absolute Gasteiger partial charge is 0.264 e. The molecule has 0 aliphatic carbocycles. The minimum Gasteiger partial charge on any atom is -0.352 e. The molecular weight excluding hydrogens is 576 g/mol. The Hall–Kier alpha value is -3.14. The molecular formula is C29H32Cl2FN3O4S. The van der Waals surface area contributed by atoms with Gasteiger partial charge in [-0.1, -0.05) is 73.4 Å². The molecule has 3 aromatic carbocycles. The zero-order chi connectivity index (χ0) is 29.4. The summed E-state index contributed by atoms with van der Waals surface area (Å²) in [5.74, 6) is -1.91. The summed E-state index contributed by atoms with van der Waals surface area (Å²) in [5.41, 5.74) is 0.221. The number of rotatable bonds is 12. The van der Waals surface area contributed by atoms with Crippen LogP contribution in [0.4, 0.5) is 10.1 Å². The largest absolute Gasteiger partial charge is 0.352 e. The molecule has 0 spiro atoms. The van der Waals surface area contributed by atoms with Gasteiger partial charge in [-0.05, 0) is 61.7 Å². The van der Waals surface area contributed by atoms with Crippen LogP contribution in [0.3, 0.4) is 0 Å². The van der Waals surface area contributed by atoms with Crippen LogP contribution in [0.5, 0.6) is 0 Å². The molecule has 0 heterocycles. The summed E-state index contributed by atoms with van der Waals surface area (Å²) in [6, 6.07) is 16.4. The van der Waals surface area contributed by atoms with Crippen LogP contribution in [0.25, 0.3) is 0 Å². The maximum atomic E-state index is 15.0. The molecule has 0 aliphatic rings. The van der Waals surface area contributed by atoms with Crippen molar-refractivity contribution in [2.75, 3.05) is 10.8 Å². The molecule has 2 amide bonds. The van der Waals surface area contributed by atoms with Gasteiger partial charge < -0.3 is 10.2 Å². The van der Waals surface area contributed by atoms with E-state index in [2.05, 4.69) is 5.32 Å². The van der Waals surface area contributed by atoms with Gasteiger partial charge in [0.05, 0.1) is 10.6 Å². The molecule has 3 aromatic rings. The fourth-order valence-electron chi connectivity index (χ4n) is 4.08. The second kappa shape index (κ2) is 14.0. The lowest BCUT2D eigenvalue weighted by atomic mass is 10.1. The number of hydrogen-bond donors (Lipinski definition) is 1. The van der Waals surface area contributed by atoms with Crippen molar-refractivity contribution in [3.63, 3.8) is 0 Å². The van der Waals surface area contributed by atoms with Crippen molar-refractivity contribution in [1.29, 1.82) is 0 Å². The van der Waals surface area contributed by atoms with Crippen LogP contribution in [0.15, 0.2) is 77.7 Å². The third-order valence-electron chi connectivity index (χ3n) is 6.47. The number of carbonyl (C=O) groups is 2. The van der Waals surface area contributed by atoms with Crippen LogP contribution in [-0.2, 0) is 26.2 Å². The van der Waals surface area contributed by atoms with Crippen LogP contribution < -0.4 is 9.62 Å². The van der Waals surface area contributed by atoms with Crippen molar-refractivity contribution < 1.29 is 22.4 Å². The Kier molecular flexibility index (Phi) is 11.0. The predicted molar refractivity (Wildman–Crippen MR) is 156 cm³/mol. The van der Waals surface area contributed by atoms with Crippen molar-refractivity contribution in [2.24, 2.45) is 0 Å². The zero-order valence-electron chi connectivity index (χ0n) is 22.5. The highest BCUT2D eigenvalue weighted by atomic mass is 35.5. The molecule has 0 aliphatic heterocycles. The number of nitrogens with zero attached hydrogens (tertiary/aromatic N) is 2. The van der Waals surface area contributed by atoms with Crippen molar-refractivity contribution in [3.8, 4) is 0 Å². The van der Waals surface area contributed by atoms with Gasteiger partial charge in [-0.3, -0.25) is 13.9 Å². The van der Waals surface area contributed by atoms with Gasteiger partial charge in [0.25, 0.3) is 10.0 Å². The monoisotopic (exact) mass is 607 g/mol. The third-order valence-corrected chi connectivity index (χ3v) is 8.83. The number of benzene rings is 3. The highest BCUT2D eigenvalue weighted by Gasteiger charge is 2.35. The van der Waals surface area contributed by atoms with E-state index in [0.29, 0.717) is 17.0 Å². The Morgan fingerprint density at radius 2 is 1.60 bits per heavy atom. The number of nitrogens with one attached hydrogen (secondary N) is 1. The molecule has 40 heavy (non-hydrogen) atoms. The highest BCUT2D eigenvalue weighted by molar-refractivity contribution is 7.92. The topological polar surface area (TPSA) is 86.8 Å². The molecule has 3 rings (SSSR count). The lowest BCUT2D eigenvalue weighted by Crippen LogP contribution is -2.53. The van der Waals surface area contributed by atoms with Crippen LogP contribution in [-0.4, -0.2) is 43.8 Å². The second-order valence-corrected chi connectivity index (χ2v) is 12.0. The molecule has 7 nitrogen and oxygen atoms in total. The molecule has 0 radical (unpaired) electrons. The molecule has 0 aromatic heterocycles. The number of sulfonamides is 1. The summed E-state index contributed by atoms with van der Waals surface area (Å²) in [7, 11) is -4.37. The van der Waals surface area contributed by atoms with Crippen LogP contribution in [0.2, 0.25) is 10.0 Å². The minimum absolute atomic E-state index is 0.0994. The van der Waals surface area contributed by atoms with Crippen LogP contribution in [0.1, 0.15) is 39.2 Å². The summed E-state index contributed by atoms with van der Waals surface area (Å²) >= 11 is 12.5. The number of halogens is 3. The van der Waals surface area contributed by atoms with Gasteiger partial charge in [-0.25, -0.2) is 12.8 Å². The van der Waals surface area contributed by atoms with Crippen LogP contribution in [0, 0.1) is 5.82 Å². The maximum Gasteiger partial charge on any atom is 0.264 e. The van der Waals surface area contributed by atoms with Gasteiger partial charge >= 0.3 is 0 Å². The quantitative estimate of drug-likeness (QED) is 0.271. The van der Waals surface area contributed by atoms with E-state index in [1.165, 1.54) is 53.4 Å². The van der Waals surface area contributed by atoms with E-state index in [1.807, 2.05) is 13.8 Å².